The first-order valence-corrected chi connectivity index (χ1v) is 52.4. The first-order valence-electron chi connectivity index (χ1n) is 41.1. The third-order valence-electron chi connectivity index (χ3n) is 21.3. The largest absolute Gasteiger partial charge is 1.00 e. The second kappa shape index (κ2) is 54.5. The van der Waals surface area contributed by atoms with Gasteiger partial charge in [0.2, 0.25) is 9.23 Å². The van der Waals surface area contributed by atoms with Crippen LogP contribution in [0.3, 0.4) is 0 Å². The second-order valence-corrected chi connectivity index (χ2v) is 46.9. The van der Waals surface area contributed by atoms with Crippen LogP contribution in [-0.4, -0.2) is 127 Å². The number of carboxylic acids is 1. The van der Waals surface area contributed by atoms with Crippen LogP contribution in [0.1, 0.15) is 140 Å². The number of benzene rings is 4. The Bertz CT molecular complexity index is 7110. The molecule has 0 bridgehead atoms. The zero-order chi connectivity index (χ0) is 100. The minimum absolute atomic E-state index is 0. The molecule has 0 spiro atoms. The summed E-state index contributed by atoms with van der Waals surface area (Å²) in [5.41, 5.74) is 1.71. The van der Waals surface area contributed by atoms with E-state index in [2.05, 4.69) is 150 Å². The van der Waals surface area contributed by atoms with E-state index in [0.29, 0.717) is 30.4 Å². The van der Waals surface area contributed by atoms with Crippen molar-refractivity contribution in [1.29, 1.82) is 10.5 Å². The normalized spacial score (nSPS) is 11.5. The maximum absolute atomic E-state index is 12.1. The molecule has 0 saturated heterocycles. The molecule has 2 unspecified atom stereocenters. The molecule has 0 saturated carbocycles. The van der Waals surface area contributed by atoms with E-state index in [0.717, 1.165) is 158 Å². The number of hydrogen-bond donors (Lipinski definition) is 2. The van der Waals surface area contributed by atoms with Gasteiger partial charge in [-0.25, -0.2) is 4.21 Å². The molecular weight excluding hydrogens is 2330 g/mol. The van der Waals surface area contributed by atoms with Crippen LogP contribution in [-0.2, 0) is 101 Å². The van der Waals surface area contributed by atoms with Crippen molar-refractivity contribution in [2.75, 3.05) is 35.5 Å². The van der Waals surface area contributed by atoms with Crippen LogP contribution in [0, 0.1) is 63.1 Å². The van der Waals surface area contributed by atoms with Gasteiger partial charge in [0.15, 0.2) is 6.29 Å². The Balaban J connectivity index is 0.000000293. The van der Waals surface area contributed by atoms with Gasteiger partial charge in [-0.1, -0.05) is 74.5 Å². The van der Waals surface area contributed by atoms with Gasteiger partial charge in [0.1, 0.15) is 6.10 Å². The number of halogens is 7. The van der Waals surface area contributed by atoms with Gasteiger partial charge in [-0.3, -0.25) is 63.5 Å². The van der Waals surface area contributed by atoms with Gasteiger partial charge in [-0.05, 0) is 223 Å². The molecule has 0 radical (unpaired) electrons. The van der Waals surface area contributed by atoms with Crippen LogP contribution >= 0.6 is 165 Å². The van der Waals surface area contributed by atoms with Crippen LogP contribution in [0.25, 0.3) is 104 Å². The minimum atomic E-state index is -1.67. The molecular formula is C100H97Br4Cl3LiN8O16PdS7-. The number of carboxylic acid groups (broad SMARTS) is 1. The number of esters is 5. The Labute approximate surface area is 911 Å². The fraction of sp³-hybridized carbons (Fsp3) is 0.280. The number of aliphatic hydroxyl groups excluding tert-OH is 1. The maximum atomic E-state index is 12.1. The third-order valence-corrected chi connectivity index (χ3v) is 31.2. The number of fused-ring (bicyclic) bond motifs is 8. The molecule has 0 aliphatic carbocycles. The molecule has 24 nitrogen and oxygen atoms in total. The number of aldehydes is 1. The first kappa shape index (κ1) is 122. The van der Waals surface area contributed by atoms with E-state index >= 15 is 0 Å². The average Bonchev–Trinajstić information content (AvgIpc) is 1.52. The molecule has 2 atom stereocenters. The van der Waals surface area contributed by atoms with Crippen molar-refractivity contribution < 1.29 is 116 Å². The van der Waals surface area contributed by atoms with Crippen molar-refractivity contribution in [2.45, 2.75) is 114 Å². The van der Waals surface area contributed by atoms with Gasteiger partial charge in [0.05, 0.1) is 130 Å². The van der Waals surface area contributed by atoms with E-state index in [1.165, 1.54) is 58.2 Å². The average molecular weight is 2430 g/mol. The number of thiophene rings is 6. The van der Waals surface area contributed by atoms with E-state index in [4.69, 9.17) is 34.8 Å². The van der Waals surface area contributed by atoms with Crippen LogP contribution in [0.4, 0.5) is 0 Å². The summed E-state index contributed by atoms with van der Waals surface area (Å²) in [7, 11) is 14.3. The molecule has 12 aromatic heterocycles. The molecule has 140 heavy (non-hydrogen) atoms. The van der Waals surface area contributed by atoms with Gasteiger partial charge < -0.3 is 46.8 Å². The molecule has 0 aliphatic rings. The Hall–Kier alpha value is -8.35. The van der Waals surface area contributed by atoms with Gasteiger partial charge in [0.25, 0.3) is 0 Å². The topological polar surface area (TPSA) is 378 Å². The van der Waals surface area contributed by atoms with E-state index in [1.54, 1.807) is 144 Å². The molecule has 0 amide bonds. The second-order valence-electron chi connectivity index (χ2n) is 33.7. The van der Waals surface area contributed by atoms with Crippen LogP contribution in [0.15, 0.2) is 201 Å². The van der Waals surface area contributed by atoms with Crippen molar-refractivity contribution in [3.05, 3.63) is 249 Å². The fourth-order valence-electron chi connectivity index (χ4n) is 13.9. The van der Waals surface area contributed by atoms with Crippen LogP contribution in [0.5, 0.6) is 0 Å². The fourth-order valence-corrected chi connectivity index (χ4v) is 23.7. The van der Waals surface area contributed by atoms with Crippen LogP contribution in [0.2, 0.25) is 0 Å². The quantitative estimate of drug-likeness (QED) is 0.0144. The Morgan fingerprint density at radius 2 is 0.743 bits per heavy atom. The van der Waals surface area contributed by atoms with Gasteiger partial charge in [0, 0.05) is 213 Å². The number of rotatable bonds is 19. The third kappa shape index (κ3) is 30.6. The summed E-state index contributed by atoms with van der Waals surface area (Å²) in [4.78, 5) is 110. The summed E-state index contributed by atoms with van der Waals surface area (Å²) < 4.78 is 42.8. The van der Waals surface area contributed by atoms with Crippen molar-refractivity contribution in [2.24, 2.45) is 33.0 Å². The van der Waals surface area contributed by atoms with Gasteiger partial charge in [-0.2, -0.15) is 10.5 Å². The van der Waals surface area contributed by atoms with E-state index in [9.17, 15) is 54.3 Å². The Morgan fingerprint density at radius 3 is 1.06 bits per heavy atom. The number of nitrogens with zero attached hydrogens (tertiary/aromatic N) is 8. The molecule has 16 rings (SSSR count). The van der Waals surface area contributed by atoms with Crippen molar-refractivity contribution in [1.82, 2.24) is 29.9 Å². The van der Waals surface area contributed by atoms with Crippen LogP contribution < -0.4 is 18.9 Å². The van der Waals surface area contributed by atoms with E-state index < -0.39 is 59.7 Å². The number of hydrogen-bond acceptors (Lipinski definition) is 29. The number of carbonyl (C=O) groups excluding carboxylic acids is 6. The summed E-state index contributed by atoms with van der Waals surface area (Å²) in [5.74, 6) is -2.10. The zero-order valence-electron chi connectivity index (χ0n) is 79.3. The first-order chi connectivity index (χ1) is 64.3. The number of aliphatic carboxylic acids is 1. The molecule has 40 heteroatoms. The number of methoxy groups -OCH3 is 5. The smallest absolute Gasteiger partial charge is 0.870 e. The Kier molecular flexibility index (Phi) is 47.6. The summed E-state index contributed by atoms with van der Waals surface area (Å²) in [6.45, 7) is 21.6. The number of pyridine rings is 6. The molecule has 3 N–H and O–H groups in total. The SMILES string of the molecule is CC(C)(Cc1cc2c(-c3ccc(C#N)c4ccccc34)cncc2s1)C(=O)O.COC(=O)C(C)(C)C(Cl)c1cc2c(Br)cncc2s1.COC(=O)C(C)(C)C(O)c1cc2c(Br)cncc2s1.COC(=O)C(C)(C)Cc1cc2c(-c3ccc(C#N)c4ccccc34)cncc2s1.COC(=O)C(C)(C)Cc1cc2c(Br)cncc2s1.COC(=O)C(C)C.O=Cc1cc2c(Br)cncc2s1.O=S(Cl)Cl.[CH3-].[Li+].[OH-].[Pd]. The predicted octanol–water partition coefficient (Wildman–Crippen LogP) is 25.0. The van der Waals surface area contributed by atoms with E-state index in [-0.39, 0.29) is 82.0 Å². The number of alkyl halides is 1. The molecule has 0 aliphatic heterocycles. The molecule has 736 valence electrons. The van der Waals surface area contributed by atoms with Gasteiger partial charge in [-0.15, -0.1) is 79.6 Å². The van der Waals surface area contributed by atoms with Crippen molar-refractivity contribution >= 4 is 298 Å². The number of ether oxygens (including phenoxy) is 5. The number of aromatic nitrogens is 6. The zero-order valence-corrected chi connectivity index (χ0v) is 95.2. The van der Waals surface area contributed by atoms with E-state index in [1.807, 2.05) is 150 Å². The standard InChI is InChI=1S/C24H20N2O2S.C23H18N2O2S.C13H13BrClNO2S.C13H14BrNO3S.C13H14BrNO2S.C8H4BrNOS.C5H10O2.CH3.Cl2OS.Li.H2O.Pd/c1-24(2,23(27)28-3)11-16-10-20-21(13-26-14-22(20)29-16)19-9-8-15(12-25)17-6-4-5-7-18(17)19;1-23(2,22(26)27)10-15-9-19-20(12-25-13-21(19)28-15)18-8-7-14(11-24)16-5-3-4-6-17(16)18;1-13(2,12(17)18-3)11(15)9-4-7-8(14)5-16-6-10(7)19-9;1-13(2,12(17)18-3)11(16)9-4-7-8(14)5-15-6-10(7)19-9;1-13(2,12(16)17-3)5-8-4-9-10(14)6-15-7-11(9)18-8;9-7-2-10-3-8-6(7)1-5(4-11)12-8;1-4(2)5(6)7-3;;1-4(2)3;;;/h4-10,13-14H,11H2,1-3H3;3-9,12-13H,10H2,1-2H3,(H,26,27);4-6,11H,1-3H3;4-6,11,16H,1-3H3;4,6-7H,5H2,1-3H3;1-4H;4H,1-3H3;1H3;;;1H2;/q;;;;;;;-1;;+1;;/p-1. The predicted molar refractivity (Wildman–Crippen MR) is 574 cm³/mol. The maximum Gasteiger partial charge on any atom is 1.00 e. The minimum Gasteiger partial charge on any atom is -0.870 e. The summed E-state index contributed by atoms with van der Waals surface area (Å²) in [6.07, 6.45) is 23.2. The number of nitriles is 2. The summed E-state index contributed by atoms with van der Waals surface area (Å²) in [5, 5.41) is 48.6. The molecule has 4 aromatic carbocycles. The summed E-state index contributed by atoms with van der Waals surface area (Å²) in [6, 6.07) is 40.1. The number of carbonyl (C=O) groups is 7. The molecule has 16 aromatic rings. The number of aliphatic hydroxyl groups is 1. The van der Waals surface area contributed by atoms with Crippen molar-refractivity contribution in [3.8, 4) is 34.4 Å². The molecule has 0 fully saturated rings. The molecule has 12 heterocycles. The monoisotopic (exact) mass is 2420 g/mol. The van der Waals surface area contributed by atoms with Crippen molar-refractivity contribution in [3.63, 3.8) is 0 Å². The van der Waals surface area contributed by atoms with Gasteiger partial charge >= 0.3 is 54.7 Å². The Morgan fingerprint density at radius 1 is 0.436 bits per heavy atom. The summed E-state index contributed by atoms with van der Waals surface area (Å²) >= 11 is 29.5.